The van der Waals surface area contributed by atoms with Crippen LogP contribution in [-0.4, -0.2) is 38.2 Å². The van der Waals surface area contributed by atoms with Gasteiger partial charge in [0.1, 0.15) is 23.3 Å². The molecule has 2 fully saturated rings. The van der Waals surface area contributed by atoms with Gasteiger partial charge in [-0.2, -0.15) is 0 Å². The molecule has 0 bridgehead atoms. The lowest BCUT2D eigenvalue weighted by molar-refractivity contribution is -0.664. The van der Waals surface area contributed by atoms with Crippen LogP contribution in [0.1, 0.15) is 45.1 Å². The number of hydrogen-bond donors (Lipinski definition) is 1. The third-order valence-corrected chi connectivity index (χ3v) is 7.24. The van der Waals surface area contributed by atoms with E-state index in [0.717, 1.165) is 31.8 Å². The van der Waals surface area contributed by atoms with Crippen LogP contribution in [0.4, 0.5) is 0 Å². The molecule has 2 N–H and O–H groups in total. The molecule has 0 atom stereocenters. The van der Waals surface area contributed by atoms with E-state index in [9.17, 15) is 9.90 Å². The van der Waals surface area contributed by atoms with Crippen molar-refractivity contribution in [1.82, 2.24) is 4.90 Å². The van der Waals surface area contributed by atoms with Crippen LogP contribution in [-0.2, 0) is 6.54 Å². The SMILES string of the molecule is CC1CC[NH2+]CC1.COc1ccc(Oc2coc3c(CN4CCC(C)CC4)c([O-])ccc3c2=O)cc1. The molecule has 194 valence electrons. The van der Waals surface area contributed by atoms with E-state index >= 15 is 0 Å². The molecule has 0 unspecified atom stereocenters. The highest BCUT2D eigenvalue weighted by Gasteiger charge is 2.19. The summed E-state index contributed by atoms with van der Waals surface area (Å²) in [6.07, 6.45) is 6.38. The summed E-state index contributed by atoms with van der Waals surface area (Å²) in [5.41, 5.74) is 0.587. The van der Waals surface area contributed by atoms with Gasteiger partial charge in [0.25, 0.3) is 0 Å². The molecule has 0 spiro atoms. The number of nitrogens with two attached hydrogens (primary N) is 1. The smallest absolute Gasteiger partial charge is 0.235 e. The Labute approximate surface area is 213 Å². The van der Waals surface area contributed by atoms with Crippen molar-refractivity contribution in [2.24, 2.45) is 11.8 Å². The molecule has 0 aliphatic carbocycles. The number of hydrogen-bond acceptors (Lipinski definition) is 6. The summed E-state index contributed by atoms with van der Waals surface area (Å²) in [4.78, 5) is 15.2. The second kappa shape index (κ2) is 12.3. The molecule has 5 rings (SSSR count). The molecule has 2 aliphatic heterocycles. The van der Waals surface area contributed by atoms with E-state index < -0.39 is 0 Å². The molecule has 7 heteroatoms. The number of piperidine rings is 2. The minimum atomic E-state index is -0.296. The van der Waals surface area contributed by atoms with Crippen LogP contribution in [0.5, 0.6) is 23.0 Å². The van der Waals surface area contributed by atoms with Crippen LogP contribution >= 0.6 is 0 Å². The van der Waals surface area contributed by atoms with Gasteiger partial charge in [-0.15, -0.1) is 5.75 Å². The second-order valence-electron chi connectivity index (χ2n) is 10.1. The lowest BCUT2D eigenvalue weighted by atomic mass is 9.98. The Morgan fingerprint density at radius 2 is 1.61 bits per heavy atom. The fraction of sp³-hybridized carbons (Fsp3) is 0.483. The van der Waals surface area contributed by atoms with Gasteiger partial charge in [-0.25, -0.2) is 0 Å². The van der Waals surface area contributed by atoms with Gasteiger partial charge in [-0.3, -0.25) is 9.69 Å². The minimum absolute atomic E-state index is 0.0825. The molecular formula is C29H38N2O5. The molecular weight excluding hydrogens is 456 g/mol. The maximum absolute atomic E-state index is 12.9. The number of nitrogens with zero attached hydrogens (tertiary/aromatic N) is 1. The Morgan fingerprint density at radius 3 is 2.22 bits per heavy atom. The number of likely N-dealkylation sites (tertiary alicyclic amines) is 1. The van der Waals surface area contributed by atoms with Crippen molar-refractivity contribution >= 4 is 11.0 Å². The summed E-state index contributed by atoms with van der Waals surface area (Å²) in [5.74, 6) is 2.89. The lowest BCUT2D eigenvalue weighted by Crippen LogP contribution is -2.86. The average molecular weight is 495 g/mol. The first-order valence-electron chi connectivity index (χ1n) is 13.0. The molecule has 0 amide bonds. The maximum atomic E-state index is 12.9. The number of benzene rings is 2. The first kappa shape index (κ1) is 26.0. The summed E-state index contributed by atoms with van der Waals surface area (Å²) in [6.45, 7) is 9.69. The van der Waals surface area contributed by atoms with E-state index in [0.29, 0.717) is 40.5 Å². The molecule has 0 saturated carbocycles. The van der Waals surface area contributed by atoms with Gasteiger partial charge >= 0.3 is 0 Å². The molecule has 2 aliphatic rings. The van der Waals surface area contributed by atoms with Crippen LogP contribution in [0.15, 0.2) is 51.9 Å². The molecule has 1 aromatic heterocycles. The van der Waals surface area contributed by atoms with E-state index in [4.69, 9.17) is 13.9 Å². The van der Waals surface area contributed by atoms with Crippen molar-refractivity contribution in [1.29, 1.82) is 0 Å². The topological polar surface area (TPSA) is 91.6 Å². The zero-order valence-electron chi connectivity index (χ0n) is 21.6. The van der Waals surface area contributed by atoms with Crippen molar-refractivity contribution in [3.63, 3.8) is 0 Å². The average Bonchev–Trinajstić information content (AvgIpc) is 2.90. The molecule has 2 aromatic carbocycles. The first-order chi connectivity index (χ1) is 17.4. The predicted molar refractivity (Wildman–Crippen MR) is 139 cm³/mol. The number of quaternary nitrogens is 1. The Kier molecular flexibility index (Phi) is 8.88. The minimum Gasteiger partial charge on any atom is -0.872 e. The molecule has 2 saturated heterocycles. The Bertz CT molecular complexity index is 1180. The highest BCUT2D eigenvalue weighted by atomic mass is 16.5. The van der Waals surface area contributed by atoms with Gasteiger partial charge in [-0.1, -0.05) is 19.9 Å². The third kappa shape index (κ3) is 6.59. The number of fused-ring (bicyclic) bond motifs is 1. The van der Waals surface area contributed by atoms with Gasteiger partial charge in [-0.05, 0) is 80.9 Å². The van der Waals surface area contributed by atoms with Crippen LogP contribution in [0.2, 0.25) is 0 Å². The van der Waals surface area contributed by atoms with Crippen LogP contribution in [0.3, 0.4) is 0 Å². The molecule has 3 heterocycles. The van der Waals surface area contributed by atoms with Crippen LogP contribution < -0.4 is 25.3 Å². The van der Waals surface area contributed by atoms with E-state index in [1.807, 2.05) is 0 Å². The van der Waals surface area contributed by atoms with Crippen LogP contribution in [0.25, 0.3) is 11.0 Å². The highest BCUT2D eigenvalue weighted by Crippen LogP contribution is 2.30. The van der Waals surface area contributed by atoms with Gasteiger partial charge in [0.2, 0.25) is 11.2 Å². The number of rotatable bonds is 5. The van der Waals surface area contributed by atoms with E-state index in [2.05, 4.69) is 24.1 Å². The maximum Gasteiger partial charge on any atom is 0.235 e. The summed E-state index contributed by atoms with van der Waals surface area (Å²) in [6, 6.07) is 9.89. The molecule has 3 aromatic rings. The summed E-state index contributed by atoms with van der Waals surface area (Å²) >= 11 is 0. The zero-order chi connectivity index (χ0) is 25.5. The highest BCUT2D eigenvalue weighted by molar-refractivity contribution is 5.82. The molecule has 7 nitrogen and oxygen atoms in total. The fourth-order valence-electron chi connectivity index (χ4n) is 4.75. The van der Waals surface area contributed by atoms with Gasteiger partial charge in [0.05, 0.1) is 25.6 Å². The van der Waals surface area contributed by atoms with Gasteiger partial charge in [0.15, 0.2) is 0 Å². The molecule has 36 heavy (non-hydrogen) atoms. The molecule has 0 radical (unpaired) electrons. The monoisotopic (exact) mass is 494 g/mol. The fourth-order valence-corrected chi connectivity index (χ4v) is 4.75. The van der Waals surface area contributed by atoms with Crippen molar-refractivity contribution in [2.75, 3.05) is 33.3 Å². The van der Waals surface area contributed by atoms with E-state index in [-0.39, 0.29) is 16.9 Å². The van der Waals surface area contributed by atoms with E-state index in [1.54, 1.807) is 31.4 Å². The quantitative estimate of drug-likeness (QED) is 0.579. The Balaban J connectivity index is 0.000000375. The summed E-state index contributed by atoms with van der Waals surface area (Å²) in [5, 5.41) is 15.2. The first-order valence-corrected chi connectivity index (χ1v) is 13.0. The number of methoxy groups -OCH3 is 1. The predicted octanol–water partition coefficient (Wildman–Crippen LogP) is 3.88. The van der Waals surface area contributed by atoms with Crippen molar-refractivity contribution < 1.29 is 24.3 Å². The standard InChI is InChI=1S/C23H25NO5.C6H13N/c1-15-9-11-24(12-10-15)13-19-20(25)8-7-18-22(26)21(14-28-23(18)19)29-17-5-3-16(27-2)4-6-17;1-6-2-4-7-5-3-6/h3-8,14-15,25H,9-13H2,1-2H3;6-7H,2-5H2,1H3. The lowest BCUT2D eigenvalue weighted by Gasteiger charge is -2.31. The van der Waals surface area contributed by atoms with Crippen LogP contribution in [0, 0.1) is 11.8 Å². The largest absolute Gasteiger partial charge is 0.872 e. The number of ether oxygens (including phenoxy) is 2. The van der Waals surface area contributed by atoms with Crippen molar-refractivity contribution in [3.05, 3.63) is 58.4 Å². The second-order valence-corrected chi connectivity index (χ2v) is 10.1. The summed E-state index contributed by atoms with van der Waals surface area (Å²) < 4.78 is 16.6. The van der Waals surface area contributed by atoms with Crippen molar-refractivity contribution in [2.45, 2.75) is 46.1 Å². The zero-order valence-corrected chi connectivity index (χ0v) is 21.6. The Morgan fingerprint density at radius 1 is 0.972 bits per heavy atom. The normalized spacial score (nSPS) is 17.4. The van der Waals surface area contributed by atoms with E-state index in [1.165, 1.54) is 44.3 Å². The van der Waals surface area contributed by atoms with Gasteiger partial charge in [0, 0.05) is 12.1 Å². The van der Waals surface area contributed by atoms with Gasteiger partial charge < -0.3 is 24.3 Å². The summed E-state index contributed by atoms with van der Waals surface area (Å²) in [7, 11) is 1.58. The third-order valence-electron chi connectivity index (χ3n) is 7.24. The van der Waals surface area contributed by atoms with Crippen molar-refractivity contribution in [3.8, 4) is 23.0 Å². The Hall–Kier alpha value is -3.03.